The van der Waals surface area contributed by atoms with Crippen LogP contribution in [0.25, 0.3) is 6.08 Å². The van der Waals surface area contributed by atoms with E-state index in [9.17, 15) is 9.90 Å². The zero-order chi connectivity index (χ0) is 25.3. The number of unbranched alkanes of at least 4 members (excludes halogenated alkanes) is 7. The van der Waals surface area contributed by atoms with Gasteiger partial charge in [-0.25, -0.2) is 4.79 Å². The molecule has 1 unspecified atom stereocenters. The zero-order valence-corrected chi connectivity index (χ0v) is 21.8. The van der Waals surface area contributed by atoms with Gasteiger partial charge in [0.25, 0.3) is 0 Å². The maximum atomic E-state index is 11.5. The van der Waals surface area contributed by atoms with Crippen LogP contribution in [-0.4, -0.2) is 23.9 Å². The lowest BCUT2D eigenvalue weighted by Crippen LogP contribution is -2.05. The molecule has 0 fully saturated rings. The second-order valence-corrected chi connectivity index (χ2v) is 9.43. The highest BCUT2D eigenvalue weighted by Crippen LogP contribution is 2.20. The van der Waals surface area contributed by atoms with Gasteiger partial charge >= 0.3 is 5.97 Å². The quantitative estimate of drug-likeness (QED) is 0.141. The van der Waals surface area contributed by atoms with Gasteiger partial charge in [0.1, 0.15) is 5.75 Å². The standard InChI is InChI=1S/C31H43NO3/c1-4-6-7-8-9-10-11-12-21-35-30-19-15-27(16-20-30)24-32-29-17-13-26(14-18-29)23-28(31(33)34)22-25(3)5-2/h13-20,23-25H,4-12,21-22H2,1-3H3,(H,33,34). The zero-order valence-electron chi connectivity index (χ0n) is 21.8. The van der Waals surface area contributed by atoms with Crippen LogP contribution in [0.1, 0.15) is 96.1 Å². The molecule has 2 aromatic rings. The van der Waals surface area contributed by atoms with Gasteiger partial charge in [-0.2, -0.15) is 0 Å². The van der Waals surface area contributed by atoms with Crippen molar-refractivity contribution in [1.29, 1.82) is 0 Å². The lowest BCUT2D eigenvalue weighted by molar-refractivity contribution is -0.132. The lowest BCUT2D eigenvalue weighted by atomic mass is 9.97. The van der Waals surface area contributed by atoms with E-state index in [0.717, 1.165) is 42.0 Å². The Hall–Kier alpha value is -2.88. The summed E-state index contributed by atoms with van der Waals surface area (Å²) in [4.78, 5) is 16.1. The highest BCUT2D eigenvalue weighted by molar-refractivity contribution is 5.92. The Labute approximate surface area is 212 Å². The molecule has 1 atom stereocenters. The molecule has 4 heteroatoms. The molecule has 0 aliphatic carbocycles. The van der Waals surface area contributed by atoms with Crippen LogP contribution in [0, 0.1) is 5.92 Å². The monoisotopic (exact) mass is 477 g/mol. The van der Waals surface area contributed by atoms with Gasteiger partial charge in [-0.1, -0.05) is 84.3 Å². The van der Waals surface area contributed by atoms with Crippen LogP contribution in [-0.2, 0) is 4.79 Å². The average Bonchev–Trinajstić information content (AvgIpc) is 2.87. The third-order valence-electron chi connectivity index (χ3n) is 6.28. The number of ether oxygens (including phenoxy) is 1. The van der Waals surface area contributed by atoms with Gasteiger partial charge in [0.2, 0.25) is 0 Å². The molecule has 35 heavy (non-hydrogen) atoms. The Morgan fingerprint density at radius 3 is 2.09 bits per heavy atom. The Bertz CT molecular complexity index is 913. The van der Waals surface area contributed by atoms with E-state index in [2.05, 4.69) is 25.8 Å². The molecule has 4 nitrogen and oxygen atoms in total. The van der Waals surface area contributed by atoms with Crippen molar-refractivity contribution >= 4 is 23.9 Å². The second kappa shape index (κ2) is 16.7. The predicted octanol–water partition coefficient (Wildman–Crippen LogP) is 8.86. The molecule has 0 amide bonds. The van der Waals surface area contributed by atoms with E-state index < -0.39 is 5.97 Å². The Morgan fingerprint density at radius 1 is 0.886 bits per heavy atom. The number of hydrogen-bond acceptors (Lipinski definition) is 3. The minimum atomic E-state index is -0.849. The topological polar surface area (TPSA) is 58.9 Å². The Kier molecular flexibility index (Phi) is 13.5. The van der Waals surface area contributed by atoms with Crippen molar-refractivity contribution in [3.05, 3.63) is 65.2 Å². The molecular weight excluding hydrogens is 434 g/mol. The van der Waals surface area contributed by atoms with Gasteiger partial charge in [0, 0.05) is 11.8 Å². The van der Waals surface area contributed by atoms with Gasteiger partial charge in [-0.15, -0.1) is 0 Å². The summed E-state index contributed by atoms with van der Waals surface area (Å²) < 4.78 is 5.87. The van der Waals surface area contributed by atoms with Crippen molar-refractivity contribution in [2.75, 3.05) is 6.61 Å². The molecule has 0 heterocycles. The van der Waals surface area contributed by atoms with Crippen LogP contribution in [0.5, 0.6) is 5.75 Å². The first-order valence-corrected chi connectivity index (χ1v) is 13.3. The summed E-state index contributed by atoms with van der Waals surface area (Å²) in [5.41, 5.74) is 3.16. The van der Waals surface area contributed by atoms with E-state index in [1.54, 1.807) is 6.08 Å². The van der Waals surface area contributed by atoms with Gasteiger partial charge < -0.3 is 9.84 Å². The highest BCUT2D eigenvalue weighted by Gasteiger charge is 2.11. The molecule has 0 radical (unpaired) electrons. The van der Waals surface area contributed by atoms with Crippen LogP contribution in [0.3, 0.4) is 0 Å². The minimum absolute atomic E-state index is 0.350. The van der Waals surface area contributed by atoms with Crippen molar-refractivity contribution in [1.82, 2.24) is 0 Å². The molecule has 0 saturated heterocycles. The number of rotatable bonds is 17. The average molecular weight is 478 g/mol. The van der Waals surface area contributed by atoms with E-state index in [4.69, 9.17) is 4.74 Å². The maximum absolute atomic E-state index is 11.5. The predicted molar refractivity (Wildman–Crippen MR) is 148 cm³/mol. The number of aliphatic imine (C=N–C) groups is 1. The van der Waals surface area contributed by atoms with Crippen LogP contribution >= 0.6 is 0 Å². The van der Waals surface area contributed by atoms with E-state index >= 15 is 0 Å². The van der Waals surface area contributed by atoms with Crippen molar-refractivity contribution in [3.63, 3.8) is 0 Å². The third kappa shape index (κ3) is 11.9. The first-order chi connectivity index (χ1) is 17.0. The lowest BCUT2D eigenvalue weighted by Gasteiger charge is -2.09. The van der Waals surface area contributed by atoms with Crippen molar-refractivity contribution in [2.45, 2.75) is 85.0 Å². The van der Waals surface area contributed by atoms with Crippen LogP contribution in [0.4, 0.5) is 5.69 Å². The SMILES string of the molecule is CCCCCCCCCCOc1ccc(C=Nc2ccc(C=C(CC(C)CC)C(=O)O)cc2)cc1. The molecule has 2 aromatic carbocycles. The number of hydrogen-bond donors (Lipinski definition) is 1. The van der Waals surface area contributed by atoms with Crippen molar-refractivity contribution in [3.8, 4) is 5.75 Å². The molecule has 0 aromatic heterocycles. The summed E-state index contributed by atoms with van der Waals surface area (Å²) in [6.07, 6.45) is 15.5. The van der Waals surface area contributed by atoms with Gasteiger partial charge in [-0.3, -0.25) is 4.99 Å². The number of benzene rings is 2. The highest BCUT2D eigenvalue weighted by atomic mass is 16.5. The number of aliphatic carboxylic acids is 1. The number of carboxylic acids is 1. The molecule has 0 spiro atoms. The van der Waals surface area contributed by atoms with Crippen molar-refractivity contribution in [2.24, 2.45) is 10.9 Å². The van der Waals surface area contributed by atoms with Crippen LogP contribution in [0.2, 0.25) is 0 Å². The molecule has 2 rings (SSSR count). The number of carboxylic acid groups (broad SMARTS) is 1. The summed E-state index contributed by atoms with van der Waals surface area (Å²) in [7, 11) is 0. The van der Waals surface area contributed by atoms with E-state index in [1.807, 2.05) is 54.7 Å². The Balaban J connectivity index is 1.78. The fraction of sp³-hybridized carbons (Fsp3) is 0.484. The van der Waals surface area contributed by atoms with Crippen LogP contribution in [0.15, 0.2) is 59.1 Å². The summed E-state index contributed by atoms with van der Waals surface area (Å²) in [5.74, 6) is 0.397. The number of nitrogens with zero attached hydrogens (tertiary/aromatic N) is 1. The maximum Gasteiger partial charge on any atom is 0.331 e. The summed E-state index contributed by atoms with van der Waals surface area (Å²) in [5, 5.41) is 9.48. The first-order valence-electron chi connectivity index (χ1n) is 13.3. The first kappa shape index (κ1) is 28.4. The minimum Gasteiger partial charge on any atom is -0.494 e. The smallest absolute Gasteiger partial charge is 0.331 e. The molecule has 0 aliphatic heterocycles. The van der Waals surface area contributed by atoms with Gasteiger partial charge in [-0.05, 0) is 72.4 Å². The summed E-state index contributed by atoms with van der Waals surface area (Å²) in [6.45, 7) is 7.17. The fourth-order valence-electron chi connectivity index (χ4n) is 3.81. The molecule has 190 valence electrons. The molecule has 0 aliphatic rings. The van der Waals surface area contributed by atoms with E-state index in [0.29, 0.717) is 17.9 Å². The molecule has 1 N–H and O–H groups in total. The third-order valence-corrected chi connectivity index (χ3v) is 6.28. The second-order valence-electron chi connectivity index (χ2n) is 9.43. The van der Waals surface area contributed by atoms with Gasteiger partial charge in [0.05, 0.1) is 12.3 Å². The molecule has 0 saturated carbocycles. The molecule has 0 bridgehead atoms. The number of carbonyl (C=O) groups is 1. The fourth-order valence-corrected chi connectivity index (χ4v) is 3.81. The largest absolute Gasteiger partial charge is 0.494 e. The van der Waals surface area contributed by atoms with Gasteiger partial charge in [0.15, 0.2) is 0 Å². The van der Waals surface area contributed by atoms with E-state index in [1.165, 1.54) is 44.9 Å². The molecular formula is C31H43NO3. The summed E-state index contributed by atoms with van der Waals surface area (Å²) in [6, 6.07) is 15.6. The van der Waals surface area contributed by atoms with E-state index in [-0.39, 0.29) is 0 Å². The summed E-state index contributed by atoms with van der Waals surface area (Å²) >= 11 is 0. The Morgan fingerprint density at radius 2 is 1.49 bits per heavy atom. The van der Waals surface area contributed by atoms with Crippen LogP contribution < -0.4 is 4.74 Å². The normalized spacial score (nSPS) is 12.7. The van der Waals surface area contributed by atoms with Crippen molar-refractivity contribution < 1.29 is 14.6 Å².